The Balaban J connectivity index is -0.000000405. The van der Waals surface area contributed by atoms with Crippen LogP contribution >= 0.6 is 0 Å². The van der Waals surface area contributed by atoms with Gasteiger partial charge in [0.2, 0.25) is 0 Å². The Hall–Kier alpha value is 0.860. The Bertz CT molecular complexity index is 122. The number of hydrogen-bond acceptors (Lipinski definition) is 4. The maximum absolute atomic E-state index is 9.69. The Kier molecular flexibility index (Phi) is 18.4. The van der Waals surface area contributed by atoms with E-state index in [0.717, 1.165) is 0 Å². The van der Waals surface area contributed by atoms with E-state index in [0.29, 0.717) is 0 Å². The van der Waals surface area contributed by atoms with E-state index in [1.54, 1.807) is 0 Å². The zero-order chi connectivity index (χ0) is 7.98. The average molecular weight is 198 g/mol. The molecule has 0 aromatic rings. The van der Waals surface area contributed by atoms with Gasteiger partial charge in [0.25, 0.3) is 0 Å². The number of carbonyl (C=O) groups is 2. The molecule has 0 rings (SSSR count). The van der Waals surface area contributed by atoms with Crippen LogP contribution in [0.1, 0.15) is 0 Å². The van der Waals surface area contributed by atoms with Crippen LogP contribution in [0, 0.1) is 0 Å². The number of carboxylic acids is 2. The summed E-state index contributed by atoms with van der Waals surface area (Å²) >= 11 is 0. The number of aliphatic carboxylic acids is 2. The molecular weight excluding hydrogens is 190 g/mol. The molecule has 0 saturated heterocycles. The first-order valence-electron chi connectivity index (χ1n) is 2.31. The molecule has 12 heavy (non-hydrogen) atoms. The van der Waals surface area contributed by atoms with E-state index >= 15 is 0 Å². The summed E-state index contributed by atoms with van der Waals surface area (Å²) in [6.45, 7) is -1.32. The standard InChI is InChI=1S/C4H6O6.2Na.2H/c5-3(6)1-9-10-2-4(7)8;;;;/h1-2H2,(H,5,6)(H,7,8);;;;. The van der Waals surface area contributed by atoms with Crippen molar-refractivity contribution in [2.24, 2.45) is 0 Å². The van der Waals surface area contributed by atoms with Crippen molar-refractivity contribution in [2.45, 2.75) is 0 Å². The molecule has 0 aliphatic heterocycles. The van der Waals surface area contributed by atoms with Crippen molar-refractivity contribution in [3.05, 3.63) is 0 Å². The fraction of sp³-hybridized carbons (Fsp3) is 0.500. The van der Waals surface area contributed by atoms with Gasteiger partial charge in [-0.1, -0.05) is 0 Å². The van der Waals surface area contributed by atoms with Crippen LogP contribution in [-0.2, 0) is 19.4 Å². The summed E-state index contributed by atoms with van der Waals surface area (Å²) in [5.41, 5.74) is 0. The molecule has 0 amide bonds. The number of carboxylic acid groups (broad SMARTS) is 2. The summed E-state index contributed by atoms with van der Waals surface area (Å²) in [6, 6.07) is 0. The normalized spacial score (nSPS) is 7.67. The van der Waals surface area contributed by atoms with Crippen LogP contribution < -0.4 is 0 Å². The van der Waals surface area contributed by atoms with Crippen molar-refractivity contribution in [3.8, 4) is 0 Å². The van der Waals surface area contributed by atoms with Crippen LogP contribution in [0.25, 0.3) is 0 Å². The van der Waals surface area contributed by atoms with Crippen LogP contribution in [0.2, 0.25) is 0 Å². The van der Waals surface area contributed by atoms with E-state index in [9.17, 15) is 9.59 Å². The minimum atomic E-state index is -1.22. The molecule has 0 aromatic carbocycles. The van der Waals surface area contributed by atoms with Crippen LogP contribution in [0.3, 0.4) is 0 Å². The van der Waals surface area contributed by atoms with Gasteiger partial charge in [-0.2, -0.15) is 0 Å². The van der Waals surface area contributed by atoms with E-state index in [1.807, 2.05) is 0 Å². The molecule has 0 unspecified atom stereocenters. The number of hydrogen-bond donors (Lipinski definition) is 2. The van der Waals surface area contributed by atoms with E-state index in [-0.39, 0.29) is 59.1 Å². The SMILES string of the molecule is O=C(O)COOCC(=O)O.[NaH].[NaH]. The van der Waals surface area contributed by atoms with Crippen LogP contribution in [0.15, 0.2) is 0 Å². The first kappa shape index (κ1) is 18.6. The van der Waals surface area contributed by atoms with Crippen molar-refractivity contribution >= 4 is 71.1 Å². The molecule has 0 radical (unpaired) electrons. The Labute approximate surface area is 113 Å². The second-order valence-corrected chi connectivity index (χ2v) is 1.31. The molecule has 0 bridgehead atoms. The summed E-state index contributed by atoms with van der Waals surface area (Å²) < 4.78 is 0. The van der Waals surface area contributed by atoms with E-state index < -0.39 is 25.2 Å². The maximum atomic E-state index is 9.69. The topological polar surface area (TPSA) is 93.1 Å². The molecule has 0 heterocycles. The van der Waals surface area contributed by atoms with Gasteiger partial charge in [0, 0.05) is 0 Å². The molecule has 2 N–H and O–H groups in total. The van der Waals surface area contributed by atoms with Crippen LogP contribution in [-0.4, -0.2) is 94.5 Å². The van der Waals surface area contributed by atoms with Crippen molar-refractivity contribution in [2.75, 3.05) is 13.2 Å². The minimum absolute atomic E-state index is 0. The van der Waals surface area contributed by atoms with Gasteiger partial charge >= 0.3 is 71.1 Å². The molecule has 6 nitrogen and oxygen atoms in total. The van der Waals surface area contributed by atoms with E-state index in [2.05, 4.69) is 9.78 Å². The zero-order valence-electron chi connectivity index (χ0n) is 4.94. The summed E-state index contributed by atoms with van der Waals surface area (Å²) in [6.07, 6.45) is 0. The second-order valence-electron chi connectivity index (χ2n) is 1.31. The third kappa shape index (κ3) is 17.1. The molecule has 0 fully saturated rings. The molecule has 0 aliphatic carbocycles. The third-order valence-electron chi connectivity index (χ3n) is 0.448. The first-order valence-corrected chi connectivity index (χ1v) is 2.31. The van der Waals surface area contributed by atoms with Gasteiger partial charge in [-0.15, -0.1) is 0 Å². The molecule has 0 aliphatic rings. The van der Waals surface area contributed by atoms with Gasteiger partial charge in [0.15, 0.2) is 13.2 Å². The van der Waals surface area contributed by atoms with E-state index in [4.69, 9.17) is 10.2 Å². The van der Waals surface area contributed by atoms with Crippen LogP contribution in [0.4, 0.5) is 0 Å². The van der Waals surface area contributed by atoms with E-state index in [1.165, 1.54) is 0 Å². The predicted molar refractivity (Wildman–Crippen MR) is 41.5 cm³/mol. The van der Waals surface area contributed by atoms with Gasteiger partial charge in [-0.25, -0.2) is 19.4 Å². The van der Waals surface area contributed by atoms with Crippen molar-refractivity contribution in [1.82, 2.24) is 0 Å². The zero-order valence-corrected chi connectivity index (χ0v) is 4.94. The predicted octanol–water partition coefficient (Wildman–Crippen LogP) is -2.19. The second kappa shape index (κ2) is 11.9. The molecular formula is C4H8Na2O6. The molecule has 62 valence electrons. The molecule has 0 spiro atoms. The summed E-state index contributed by atoms with van der Waals surface area (Å²) in [7, 11) is 0. The van der Waals surface area contributed by atoms with Gasteiger partial charge in [-0.05, 0) is 0 Å². The summed E-state index contributed by atoms with van der Waals surface area (Å²) in [4.78, 5) is 27.2. The summed E-state index contributed by atoms with van der Waals surface area (Å²) in [5.74, 6) is -2.43. The van der Waals surface area contributed by atoms with Crippen molar-refractivity contribution < 1.29 is 29.6 Å². The van der Waals surface area contributed by atoms with Crippen molar-refractivity contribution in [3.63, 3.8) is 0 Å². The van der Waals surface area contributed by atoms with Crippen LogP contribution in [0.5, 0.6) is 0 Å². The third-order valence-corrected chi connectivity index (χ3v) is 0.448. The van der Waals surface area contributed by atoms with Gasteiger partial charge in [-0.3, -0.25) is 0 Å². The first-order chi connectivity index (χ1) is 4.63. The van der Waals surface area contributed by atoms with Gasteiger partial charge in [0.1, 0.15) is 0 Å². The Morgan fingerprint density at radius 2 is 1.17 bits per heavy atom. The average Bonchev–Trinajstić information content (AvgIpc) is 1.79. The molecule has 0 aromatic heterocycles. The van der Waals surface area contributed by atoms with Gasteiger partial charge < -0.3 is 10.2 Å². The number of rotatable bonds is 5. The summed E-state index contributed by atoms with van der Waals surface area (Å²) in [5, 5.41) is 15.9. The fourth-order valence-corrected chi connectivity index (χ4v) is 0.184. The monoisotopic (exact) mass is 198 g/mol. The molecule has 0 atom stereocenters. The molecule has 0 saturated carbocycles. The van der Waals surface area contributed by atoms with Crippen molar-refractivity contribution in [1.29, 1.82) is 0 Å². The quantitative estimate of drug-likeness (QED) is 0.225. The Morgan fingerprint density at radius 3 is 1.33 bits per heavy atom. The van der Waals surface area contributed by atoms with Gasteiger partial charge in [0.05, 0.1) is 0 Å². The molecule has 8 heteroatoms. The Morgan fingerprint density at radius 1 is 0.917 bits per heavy atom. The fourth-order valence-electron chi connectivity index (χ4n) is 0.184.